The summed E-state index contributed by atoms with van der Waals surface area (Å²) in [7, 11) is 1.56. The number of hydrogen-bond donors (Lipinski definition) is 1. The number of carbonyl (C=O) groups excluding carboxylic acids is 2. The fourth-order valence-corrected chi connectivity index (χ4v) is 1.76. The standard InChI is InChI=1S/C16H16N2O4/c1-21-14-6-4-12(5-7-14)16(20)22-10-9-18-15(19)13-3-2-8-17-11-13/h2-8,11H,9-10H2,1H3,(H,18,19)/p+1. The number of ether oxygens (including phenoxy) is 2. The zero-order chi connectivity index (χ0) is 15.8. The highest BCUT2D eigenvalue weighted by Gasteiger charge is 2.09. The number of amides is 1. The van der Waals surface area contributed by atoms with Gasteiger partial charge in [-0.2, -0.15) is 0 Å². The first kappa shape index (κ1) is 15.5. The van der Waals surface area contributed by atoms with Crippen molar-refractivity contribution < 1.29 is 24.0 Å². The van der Waals surface area contributed by atoms with Crippen molar-refractivity contribution in [3.05, 3.63) is 59.9 Å². The molecule has 0 radical (unpaired) electrons. The maximum atomic E-state index is 11.8. The van der Waals surface area contributed by atoms with Crippen LogP contribution in [0.25, 0.3) is 0 Å². The lowest BCUT2D eigenvalue weighted by atomic mass is 10.2. The predicted molar refractivity (Wildman–Crippen MR) is 78.6 cm³/mol. The third kappa shape index (κ3) is 4.31. The molecule has 2 N–H and O–H groups in total. The van der Waals surface area contributed by atoms with Crippen molar-refractivity contribution in [3.63, 3.8) is 0 Å². The van der Waals surface area contributed by atoms with Gasteiger partial charge < -0.3 is 14.8 Å². The van der Waals surface area contributed by atoms with Gasteiger partial charge >= 0.3 is 5.97 Å². The van der Waals surface area contributed by atoms with E-state index < -0.39 is 5.97 Å². The van der Waals surface area contributed by atoms with Crippen LogP contribution < -0.4 is 15.0 Å². The molecule has 0 saturated heterocycles. The van der Waals surface area contributed by atoms with E-state index in [-0.39, 0.29) is 19.1 Å². The van der Waals surface area contributed by atoms with Gasteiger partial charge in [-0.25, -0.2) is 9.78 Å². The largest absolute Gasteiger partial charge is 0.497 e. The number of carbonyl (C=O) groups is 2. The van der Waals surface area contributed by atoms with E-state index >= 15 is 0 Å². The van der Waals surface area contributed by atoms with Crippen LogP contribution in [0.4, 0.5) is 0 Å². The summed E-state index contributed by atoms with van der Waals surface area (Å²) in [4.78, 5) is 26.3. The minimum absolute atomic E-state index is 0.104. The van der Waals surface area contributed by atoms with E-state index in [1.54, 1.807) is 55.9 Å². The van der Waals surface area contributed by atoms with Crippen LogP contribution in [0.5, 0.6) is 5.75 Å². The van der Waals surface area contributed by atoms with E-state index in [2.05, 4.69) is 10.3 Å². The smallest absolute Gasteiger partial charge is 0.338 e. The number of rotatable bonds is 6. The van der Waals surface area contributed by atoms with Crippen LogP contribution in [-0.2, 0) is 4.74 Å². The van der Waals surface area contributed by atoms with Gasteiger partial charge in [0.05, 0.1) is 19.2 Å². The van der Waals surface area contributed by atoms with Crippen LogP contribution in [0.1, 0.15) is 20.7 Å². The molecule has 0 saturated carbocycles. The number of aromatic amines is 1. The Kier molecular flexibility index (Phi) is 5.48. The van der Waals surface area contributed by atoms with Crippen LogP contribution >= 0.6 is 0 Å². The first-order valence-electron chi connectivity index (χ1n) is 6.76. The highest BCUT2D eigenvalue weighted by molar-refractivity contribution is 5.93. The summed E-state index contributed by atoms with van der Waals surface area (Å²) in [6.45, 7) is 0.350. The van der Waals surface area contributed by atoms with Crippen molar-refractivity contribution in [2.24, 2.45) is 0 Å². The first-order valence-corrected chi connectivity index (χ1v) is 6.76. The van der Waals surface area contributed by atoms with Crippen molar-refractivity contribution in [1.29, 1.82) is 0 Å². The molecule has 0 aliphatic heterocycles. The van der Waals surface area contributed by atoms with Crippen LogP contribution in [0, 0.1) is 0 Å². The second kappa shape index (κ2) is 7.78. The summed E-state index contributed by atoms with van der Waals surface area (Å²) in [6, 6.07) is 10.0. The molecule has 0 unspecified atom stereocenters. The van der Waals surface area contributed by atoms with Gasteiger partial charge in [0, 0.05) is 6.07 Å². The van der Waals surface area contributed by atoms with Gasteiger partial charge in [-0.15, -0.1) is 0 Å². The zero-order valence-electron chi connectivity index (χ0n) is 12.2. The number of hydrogen-bond acceptors (Lipinski definition) is 4. The normalized spacial score (nSPS) is 9.86. The molecule has 0 bridgehead atoms. The average molecular weight is 301 g/mol. The molecular formula is C16H17N2O4+. The zero-order valence-corrected chi connectivity index (χ0v) is 12.2. The van der Waals surface area contributed by atoms with Crippen LogP contribution in [0.3, 0.4) is 0 Å². The van der Waals surface area contributed by atoms with Crippen LogP contribution in [0.15, 0.2) is 48.8 Å². The van der Waals surface area contributed by atoms with Gasteiger partial charge in [0.1, 0.15) is 17.9 Å². The molecule has 0 spiro atoms. The Balaban J connectivity index is 1.74. The number of aromatic nitrogens is 1. The van der Waals surface area contributed by atoms with Crippen molar-refractivity contribution in [2.45, 2.75) is 0 Å². The van der Waals surface area contributed by atoms with Gasteiger partial charge in [-0.3, -0.25) is 4.79 Å². The molecule has 22 heavy (non-hydrogen) atoms. The monoisotopic (exact) mass is 301 g/mol. The number of pyridine rings is 1. The number of benzene rings is 1. The Bertz CT molecular complexity index is 626. The van der Waals surface area contributed by atoms with Gasteiger partial charge in [0.15, 0.2) is 12.4 Å². The molecule has 6 heteroatoms. The minimum Gasteiger partial charge on any atom is -0.497 e. The molecule has 1 amide bonds. The van der Waals surface area contributed by atoms with E-state index in [0.29, 0.717) is 16.9 Å². The van der Waals surface area contributed by atoms with E-state index in [1.165, 1.54) is 0 Å². The van der Waals surface area contributed by atoms with Crippen LogP contribution in [-0.4, -0.2) is 32.1 Å². The highest BCUT2D eigenvalue weighted by atomic mass is 16.5. The number of methoxy groups -OCH3 is 1. The molecule has 2 aromatic rings. The molecule has 1 aromatic carbocycles. The van der Waals surface area contributed by atoms with Gasteiger partial charge in [0.2, 0.25) is 0 Å². The SMILES string of the molecule is COc1ccc(C(=O)OCCNC(=O)c2ccc[nH+]c2)cc1. The Labute approximate surface area is 128 Å². The van der Waals surface area contributed by atoms with Crippen molar-refractivity contribution in [3.8, 4) is 5.75 Å². The van der Waals surface area contributed by atoms with Gasteiger partial charge in [-0.1, -0.05) is 0 Å². The molecule has 0 aliphatic rings. The van der Waals surface area contributed by atoms with Crippen molar-refractivity contribution in [1.82, 2.24) is 5.32 Å². The lowest BCUT2D eigenvalue weighted by molar-refractivity contribution is -0.378. The summed E-state index contributed by atoms with van der Waals surface area (Å²) >= 11 is 0. The Morgan fingerprint density at radius 2 is 1.91 bits per heavy atom. The summed E-state index contributed by atoms with van der Waals surface area (Å²) < 4.78 is 10.1. The number of nitrogens with one attached hydrogen (secondary N) is 2. The lowest BCUT2D eigenvalue weighted by Gasteiger charge is -2.06. The quantitative estimate of drug-likeness (QED) is 0.640. The summed E-state index contributed by atoms with van der Waals surface area (Å²) in [5, 5.41) is 2.67. The lowest BCUT2D eigenvalue weighted by Crippen LogP contribution is -2.28. The molecule has 0 fully saturated rings. The Morgan fingerprint density at radius 3 is 2.55 bits per heavy atom. The van der Waals surface area contributed by atoms with E-state index in [4.69, 9.17) is 9.47 Å². The molecule has 0 atom stereocenters. The maximum Gasteiger partial charge on any atom is 0.338 e. The fraction of sp³-hybridized carbons (Fsp3) is 0.188. The van der Waals surface area contributed by atoms with Gasteiger partial charge in [-0.05, 0) is 30.3 Å². The second-order valence-corrected chi connectivity index (χ2v) is 4.41. The molecule has 114 valence electrons. The van der Waals surface area contributed by atoms with E-state index in [1.807, 2.05) is 0 Å². The molecule has 2 rings (SSSR count). The van der Waals surface area contributed by atoms with Crippen molar-refractivity contribution in [2.75, 3.05) is 20.3 Å². The summed E-state index contributed by atoms with van der Waals surface area (Å²) in [5.41, 5.74) is 0.953. The molecule has 6 nitrogen and oxygen atoms in total. The maximum absolute atomic E-state index is 11.8. The fourth-order valence-electron chi connectivity index (χ4n) is 1.76. The third-order valence-electron chi connectivity index (χ3n) is 2.92. The van der Waals surface area contributed by atoms with Crippen LogP contribution in [0.2, 0.25) is 0 Å². The molecular weight excluding hydrogens is 284 g/mol. The Hall–Kier alpha value is -2.89. The van der Waals surface area contributed by atoms with E-state index in [0.717, 1.165) is 0 Å². The highest BCUT2D eigenvalue weighted by Crippen LogP contribution is 2.11. The molecule has 1 heterocycles. The second-order valence-electron chi connectivity index (χ2n) is 4.41. The third-order valence-corrected chi connectivity index (χ3v) is 2.92. The Morgan fingerprint density at radius 1 is 1.14 bits per heavy atom. The molecule has 0 aliphatic carbocycles. The topological polar surface area (TPSA) is 78.8 Å². The summed E-state index contributed by atoms with van der Waals surface area (Å²) in [6.07, 6.45) is 3.31. The predicted octanol–water partition coefficient (Wildman–Crippen LogP) is 1.10. The van der Waals surface area contributed by atoms with Gasteiger partial charge in [0.25, 0.3) is 5.91 Å². The average Bonchev–Trinajstić information content (AvgIpc) is 2.59. The van der Waals surface area contributed by atoms with E-state index in [9.17, 15) is 9.59 Å². The van der Waals surface area contributed by atoms with Crippen molar-refractivity contribution >= 4 is 11.9 Å². The number of esters is 1. The minimum atomic E-state index is -0.440. The summed E-state index contributed by atoms with van der Waals surface area (Å²) in [5.74, 6) is 0.00534. The molecule has 1 aromatic heterocycles. The first-order chi connectivity index (χ1) is 10.7. The number of H-pyrrole nitrogens is 1.